The SMILES string of the molecule is CC(=O)N1CCN(c2ccc3c(SSc4ccnc5cc(N6CCN(C(C)=O)CC6)ccc45)ccnc3c2)CC1. The number of nitrogens with zero attached hydrogens (tertiary/aromatic N) is 6. The average molecular weight is 573 g/mol. The monoisotopic (exact) mass is 572 g/mol. The summed E-state index contributed by atoms with van der Waals surface area (Å²) in [4.78, 5) is 43.5. The second kappa shape index (κ2) is 11.5. The maximum atomic E-state index is 11.7. The number of anilines is 2. The van der Waals surface area contributed by atoms with Crippen molar-refractivity contribution in [1.29, 1.82) is 0 Å². The van der Waals surface area contributed by atoms with Crippen molar-refractivity contribution in [1.82, 2.24) is 19.8 Å². The van der Waals surface area contributed by atoms with Gasteiger partial charge in [0.25, 0.3) is 0 Å². The third-order valence-electron chi connectivity index (χ3n) is 7.77. The van der Waals surface area contributed by atoms with Gasteiger partial charge in [-0.15, -0.1) is 0 Å². The molecule has 8 nitrogen and oxygen atoms in total. The van der Waals surface area contributed by atoms with Crippen LogP contribution in [0.3, 0.4) is 0 Å². The normalized spacial score (nSPS) is 16.1. The summed E-state index contributed by atoms with van der Waals surface area (Å²) in [5.41, 5.74) is 4.26. The van der Waals surface area contributed by atoms with E-state index in [0.717, 1.165) is 85.5 Å². The Balaban J connectivity index is 1.16. The zero-order valence-electron chi connectivity index (χ0n) is 22.7. The van der Waals surface area contributed by atoms with Crippen molar-refractivity contribution in [3.05, 3.63) is 60.9 Å². The fourth-order valence-electron chi connectivity index (χ4n) is 5.41. The lowest BCUT2D eigenvalue weighted by molar-refractivity contribution is -0.129. The van der Waals surface area contributed by atoms with E-state index in [1.165, 1.54) is 9.79 Å². The Hall–Kier alpha value is -3.50. The Labute approximate surface area is 242 Å². The summed E-state index contributed by atoms with van der Waals surface area (Å²) in [7, 11) is 3.48. The number of rotatable bonds is 5. The fourth-order valence-corrected chi connectivity index (χ4v) is 7.76. The molecule has 0 spiro atoms. The Kier molecular flexibility index (Phi) is 7.71. The van der Waals surface area contributed by atoms with Crippen LogP contribution in [-0.4, -0.2) is 83.9 Å². The molecule has 4 heterocycles. The van der Waals surface area contributed by atoms with Crippen LogP contribution >= 0.6 is 21.6 Å². The van der Waals surface area contributed by atoms with Crippen LogP contribution in [0.2, 0.25) is 0 Å². The molecule has 4 aromatic rings. The van der Waals surface area contributed by atoms with Crippen LogP contribution in [0.5, 0.6) is 0 Å². The van der Waals surface area contributed by atoms with Crippen molar-refractivity contribution in [3.8, 4) is 0 Å². The summed E-state index contributed by atoms with van der Waals surface area (Å²) in [6, 6.07) is 17.1. The van der Waals surface area contributed by atoms with Crippen LogP contribution in [0, 0.1) is 0 Å². The number of piperazine rings is 2. The number of fused-ring (bicyclic) bond motifs is 2. The molecule has 2 fully saturated rings. The molecule has 2 aliphatic rings. The maximum absolute atomic E-state index is 11.7. The number of carbonyl (C=O) groups is 2. The van der Waals surface area contributed by atoms with Gasteiger partial charge in [-0.2, -0.15) is 0 Å². The van der Waals surface area contributed by atoms with Gasteiger partial charge >= 0.3 is 0 Å². The van der Waals surface area contributed by atoms with Crippen LogP contribution in [0.1, 0.15) is 13.8 Å². The molecule has 0 saturated carbocycles. The molecule has 2 aliphatic heterocycles. The number of pyridine rings is 2. The first-order chi connectivity index (χ1) is 19.5. The summed E-state index contributed by atoms with van der Waals surface area (Å²) < 4.78 is 0. The average Bonchev–Trinajstić information content (AvgIpc) is 2.99. The minimum absolute atomic E-state index is 0.144. The highest BCUT2D eigenvalue weighted by atomic mass is 33.1. The highest BCUT2D eigenvalue weighted by Crippen LogP contribution is 2.43. The standard InChI is InChI=1S/C30H32N6O2S2/c1-21(37)33-11-15-35(16-12-33)23-3-5-25-27(19-23)31-9-7-29(25)39-40-30-8-10-32-28-20-24(4-6-26(28)30)36-17-13-34(14-18-36)22(2)38/h3-10,19-20H,11-18H2,1-2H3. The van der Waals surface area contributed by atoms with Gasteiger partial charge in [0.2, 0.25) is 11.8 Å². The van der Waals surface area contributed by atoms with Crippen molar-refractivity contribution < 1.29 is 9.59 Å². The predicted octanol–water partition coefficient (Wildman–Crippen LogP) is 4.92. The summed E-state index contributed by atoms with van der Waals surface area (Å²) in [5, 5.41) is 2.27. The number of carbonyl (C=O) groups excluding carboxylic acids is 2. The topological polar surface area (TPSA) is 72.9 Å². The largest absolute Gasteiger partial charge is 0.368 e. The van der Waals surface area contributed by atoms with E-state index in [1.807, 2.05) is 22.2 Å². The van der Waals surface area contributed by atoms with E-state index in [1.54, 1.807) is 35.4 Å². The van der Waals surface area contributed by atoms with Gasteiger partial charge < -0.3 is 19.6 Å². The number of hydrogen-bond acceptors (Lipinski definition) is 8. The first kappa shape index (κ1) is 26.7. The molecule has 0 N–H and O–H groups in total. The zero-order chi connectivity index (χ0) is 27.6. The van der Waals surface area contributed by atoms with E-state index >= 15 is 0 Å². The summed E-state index contributed by atoms with van der Waals surface area (Å²) in [6.07, 6.45) is 3.76. The van der Waals surface area contributed by atoms with E-state index in [-0.39, 0.29) is 11.8 Å². The summed E-state index contributed by atoms with van der Waals surface area (Å²) in [6.45, 7) is 9.63. The van der Waals surface area contributed by atoms with Gasteiger partial charge in [0.05, 0.1) is 11.0 Å². The fraction of sp³-hybridized carbons (Fsp3) is 0.333. The second-order valence-electron chi connectivity index (χ2n) is 10.2. The first-order valence-electron chi connectivity index (χ1n) is 13.6. The first-order valence-corrected chi connectivity index (χ1v) is 15.7. The van der Waals surface area contributed by atoms with E-state index in [9.17, 15) is 9.59 Å². The van der Waals surface area contributed by atoms with Crippen molar-refractivity contribution in [2.45, 2.75) is 23.6 Å². The molecule has 206 valence electrons. The molecule has 0 atom stereocenters. The molecular formula is C30H32N6O2S2. The van der Waals surface area contributed by atoms with E-state index in [2.05, 4.69) is 68.3 Å². The van der Waals surface area contributed by atoms with E-state index in [4.69, 9.17) is 0 Å². The van der Waals surface area contributed by atoms with Crippen LogP contribution in [0.15, 0.2) is 70.7 Å². The molecule has 10 heteroatoms. The highest BCUT2D eigenvalue weighted by molar-refractivity contribution is 8.76. The Bertz CT molecular complexity index is 1450. The van der Waals surface area contributed by atoms with Gasteiger partial charge in [0, 0.05) is 111 Å². The molecular weight excluding hydrogens is 541 g/mol. The van der Waals surface area contributed by atoms with Crippen LogP contribution < -0.4 is 9.80 Å². The molecule has 2 saturated heterocycles. The van der Waals surface area contributed by atoms with Gasteiger partial charge in [0.15, 0.2) is 0 Å². The minimum atomic E-state index is 0.144. The van der Waals surface area contributed by atoms with Gasteiger partial charge in [-0.25, -0.2) is 0 Å². The van der Waals surface area contributed by atoms with Gasteiger partial charge in [-0.05, 0) is 48.5 Å². The van der Waals surface area contributed by atoms with Gasteiger partial charge in [0.1, 0.15) is 0 Å². The molecule has 0 aliphatic carbocycles. The Morgan fingerprint density at radius 2 is 1.00 bits per heavy atom. The molecule has 0 unspecified atom stereocenters. The number of hydrogen-bond donors (Lipinski definition) is 0. The van der Waals surface area contributed by atoms with Gasteiger partial charge in [-0.1, -0.05) is 21.6 Å². The van der Waals surface area contributed by atoms with Crippen LogP contribution in [0.4, 0.5) is 11.4 Å². The van der Waals surface area contributed by atoms with Crippen molar-refractivity contribution in [2.24, 2.45) is 0 Å². The zero-order valence-corrected chi connectivity index (χ0v) is 24.4. The quantitative estimate of drug-likeness (QED) is 0.312. The highest BCUT2D eigenvalue weighted by Gasteiger charge is 2.21. The van der Waals surface area contributed by atoms with E-state index < -0.39 is 0 Å². The number of benzene rings is 2. The van der Waals surface area contributed by atoms with Crippen molar-refractivity contribution >= 4 is 66.6 Å². The maximum Gasteiger partial charge on any atom is 0.219 e. The lowest BCUT2D eigenvalue weighted by Gasteiger charge is -2.35. The van der Waals surface area contributed by atoms with E-state index in [0.29, 0.717) is 0 Å². The molecule has 0 radical (unpaired) electrons. The molecule has 2 aromatic carbocycles. The van der Waals surface area contributed by atoms with Gasteiger partial charge in [-0.3, -0.25) is 19.6 Å². The third kappa shape index (κ3) is 5.55. The summed E-state index contributed by atoms with van der Waals surface area (Å²) in [5.74, 6) is 0.288. The number of amides is 2. The Morgan fingerprint density at radius 1 is 0.600 bits per heavy atom. The molecule has 6 rings (SSSR count). The Morgan fingerprint density at radius 3 is 1.38 bits per heavy atom. The number of aromatic nitrogens is 2. The van der Waals surface area contributed by atoms with Crippen molar-refractivity contribution in [2.75, 3.05) is 62.2 Å². The molecule has 2 aromatic heterocycles. The second-order valence-corrected chi connectivity index (χ2v) is 12.4. The van der Waals surface area contributed by atoms with Crippen LogP contribution in [0.25, 0.3) is 21.8 Å². The molecule has 2 amide bonds. The minimum Gasteiger partial charge on any atom is -0.368 e. The third-order valence-corrected chi connectivity index (χ3v) is 10.3. The molecule has 40 heavy (non-hydrogen) atoms. The lowest BCUT2D eigenvalue weighted by Crippen LogP contribution is -2.48. The van der Waals surface area contributed by atoms with Crippen molar-refractivity contribution in [3.63, 3.8) is 0 Å². The summed E-state index contributed by atoms with van der Waals surface area (Å²) >= 11 is 0. The predicted molar refractivity (Wildman–Crippen MR) is 164 cm³/mol. The smallest absolute Gasteiger partial charge is 0.219 e. The molecule has 0 bridgehead atoms. The van der Waals surface area contributed by atoms with Crippen LogP contribution in [-0.2, 0) is 9.59 Å². The lowest BCUT2D eigenvalue weighted by atomic mass is 10.1.